The summed E-state index contributed by atoms with van der Waals surface area (Å²) in [6.45, 7) is 4.28. The summed E-state index contributed by atoms with van der Waals surface area (Å²) in [5.74, 6) is 0.204. The molecule has 1 aliphatic heterocycles. The highest BCUT2D eigenvalue weighted by Crippen LogP contribution is 2.30. The first-order valence-corrected chi connectivity index (χ1v) is 6.83. The number of ether oxygens (including phenoxy) is 1. The molecule has 4 heteroatoms. The smallest absolute Gasteiger partial charge is 0.123 e. The molecule has 2 atom stereocenters. The van der Waals surface area contributed by atoms with E-state index in [4.69, 9.17) is 4.74 Å². The van der Waals surface area contributed by atoms with Gasteiger partial charge in [-0.05, 0) is 43.9 Å². The van der Waals surface area contributed by atoms with Gasteiger partial charge in [0, 0.05) is 31.5 Å². The van der Waals surface area contributed by atoms with Crippen molar-refractivity contribution < 1.29 is 14.2 Å². The van der Waals surface area contributed by atoms with Gasteiger partial charge < -0.3 is 14.7 Å². The number of hydrogen-bond acceptors (Lipinski definition) is 3. The van der Waals surface area contributed by atoms with Gasteiger partial charge in [0.1, 0.15) is 5.82 Å². The lowest BCUT2D eigenvalue weighted by atomic mass is 9.97. The summed E-state index contributed by atoms with van der Waals surface area (Å²) in [4.78, 5) is 2.23. The van der Waals surface area contributed by atoms with Crippen LogP contribution in [0.1, 0.15) is 31.4 Å². The Kier molecular flexibility index (Phi) is 4.77. The largest absolute Gasteiger partial charge is 0.389 e. The quantitative estimate of drug-likeness (QED) is 0.910. The van der Waals surface area contributed by atoms with Crippen LogP contribution in [0.25, 0.3) is 0 Å². The number of hydrogen-bond donors (Lipinski definition) is 1. The van der Waals surface area contributed by atoms with Crippen molar-refractivity contribution >= 4 is 5.69 Å². The molecule has 0 aliphatic carbocycles. The van der Waals surface area contributed by atoms with E-state index in [1.807, 2.05) is 0 Å². The van der Waals surface area contributed by atoms with Crippen LogP contribution in [0.4, 0.5) is 10.1 Å². The lowest BCUT2D eigenvalue weighted by Crippen LogP contribution is -2.37. The summed E-state index contributed by atoms with van der Waals surface area (Å²) in [6.07, 6.45) is 1.61. The Balaban J connectivity index is 2.20. The number of anilines is 1. The van der Waals surface area contributed by atoms with Crippen LogP contribution in [0.2, 0.25) is 0 Å². The molecule has 1 N–H and O–H groups in total. The SMILES string of the molecule is COCC1CCCN(c2ccc(F)cc2[C@H](C)O)C1. The Morgan fingerprint density at radius 3 is 3.00 bits per heavy atom. The van der Waals surface area contributed by atoms with E-state index >= 15 is 0 Å². The first-order valence-electron chi connectivity index (χ1n) is 6.83. The molecule has 3 nitrogen and oxygen atoms in total. The molecule has 1 aliphatic rings. The third-order valence-corrected chi connectivity index (χ3v) is 3.70. The molecule has 0 bridgehead atoms. The first-order chi connectivity index (χ1) is 9.11. The van der Waals surface area contributed by atoms with Crippen molar-refractivity contribution in [3.05, 3.63) is 29.6 Å². The zero-order chi connectivity index (χ0) is 13.8. The lowest BCUT2D eigenvalue weighted by Gasteiger charge is -2.35. The van der Waals surface area contributed by atoms with E-state index in [1.54, 1.807) is 20.1 Å². The van der Waals surface area contributed by atoms with E-state index in [2.05, 4.69) is 4.90 Å². The second-order valence-corrected chi connectivity index (χ2v) is 5.29. The molecule has 19 heavy (non-hydrogen) atoms. The first kappa shape index (κ1) is 14.3. The molecule has 1 saturated heterocycles. The summed E-state index contributed by atoms with van der Waals surface area (Å²) in [5.41, 5.74) is 1.61. The molecule has 1 fully saturated rings. The van der Waals surface area contributed by atoms with Crippen molar-refractivity contribution in [2.45, 2.75) is 25.9 Å². The van der Waals surface area contributed by atoms with Crippen molar-refractivity contribution in [2.75, 3.05) is 31.7 Å². The summed E-state index contributed by atoms with van der Waals surface area (Å²) in [7, 11) is 1.72. The van der Waals surface area contributed by atoms with Crippen molar-refractivity contribution in [1.82, 2.24) is 0 Å². The van der Waals surface area contributed by atoms with Gasteiger partial charge in [0.25, 0.3) is 0 Å². The second-order valence-electron chi connectivity index (χ2n) is 5.29. The lowest BCUT2D eigenvalue weighted by molar-refractivity contribution is 0.143. The average molecular weight is 267 g/mol. The number of methoxy groups -OCH3 is 1. The van der Waals surface area contributed by atoms with Crippen LogP contribution in [-0.4, -0.2) is 31.9 Å². The van der Waals surface area contributed by atoms with Crippen LogP contribution in [0, 0.1) is 11.7 Å². The molecule has 106 valence electrons. The van der Waals surface area contributed by atoms with Crippen molar-refractivity contribution in [1.29, 1.82) is 0 Å². The number of nitrogens with zero attached hydrogens (tertiary/aromatic N) is 1. The number of aliphatic hydroxyl groups excluding tert-OH is 1. The third-order valence-electron chi connectivity index (χ3n) is 3.70. The maximum absolute atomic E-state index is 13.3. The van der Waals surface area contributed by atoms with Gasteiger partial charge in [-0.1, -0.05) is 0 Å². The number of rotatable bonds is 4. The summed E-state index contributed by atoms with van der Waals surface area (Å²) in [6, 6.07) is 4.66. The molecular formula is C15H22FNO2. The molecule has 2 rings (SSSR count). The topological polar surface area (TPSA) is 32.7 Å². The fraction of sp³-hybridized carbons (Fsp3) is 0.600. The Labute approximate surface area is 114 Å². The number of halogens is 1. The maximum Gasteiger partial charge on any atom is 0.123 e. The fourth-order valence-corrected chi connectivity index (χ4v) is 2.80. The van der Waals surface area contributed by atoms with Crippen LogP contribution >= 0.6 is 0 Å². The second kappa shape index (κ2) is 6.35. The fourth-order valence-electron chi connectivity index (χ4n) is 2.80. The standard InChI is InChI=1S/C15H22FNO2/c1-11(18)14-8-13(16)5-6-15(14)17-7-3-4-12(9-17)10-19-2/h5-6,8,11-12,18H,3-4,7,9-10H2,1-2H3/t11-,12?/m0/s1. The van der Waals surface area contributed by atoms with Gasteiger partial charge in [0.15, 0.2) is 0 Å². The van der Waals surface area contributed by atoms with E-state index < -0.39 is 6.10 Å². The van der Waals surface area contributed by atoms with Crippen LogP contribution in [0.15, 0.2) is 18.2 Å². The minimum absolute atomic E-state index is 0.301. The van der Waals surface area contributed by atoms with E-state index in [1.165, 1.54) is 12.1 Å². The highest BCUT2D eigenvalue weighted by molar-refractivity contribution is 5.55. The predicted octanol–water partition coefficient (Wildman–Crippen LogP) is 2.74. The molecule has 1 aromatic rings. The van der Waals surface area contributed by atoms with E-state index in [0.29, 0.717) is 11.5 Å². The number of piperidine rings is 1. The van der Waals surface area contributed by atoms with Crippen molar-refractivity contribution in [3.8, 4) is 0 Å². The van der Waals surface area contributed by atoms with Gasteiger partial charge in [0.2, 0.25) is 0 Å². The summed E-state index contributed by atoms with van der Waals surface area (Å²) >= 11 is 0. The third kappa shape index (κ3) is 3.45. The zero-order valence-corrected chi connectivity index (χ0v) is 11.6. The van der Waals surface area contributed by atoms with Crippen LogP contribution in [0.5, 0.6) is 0 Å². The molecule has 1 heterocycles. The van der Waals surface area contributed by atoms with Crippen molar-refractivity contribution in [2.24, 2.45) is 5.92 Å². The highest BCUT2D eigenvalue weighted by atomic mass is 19.1. The Hall–Kier alpha value is -1.13. The molecule has 1 aromatic carbocycles. The molecule has 0 spiro atoms. The van der Waals surface area contributed by atoms with Crippen LogP contribution < -0.4 is 4.90 Å². The van der Waals surface area contributed by atoms with Crippen LogP contribution in [0.3, 0.4) is 0 Å². The van der Waals surface area contributed by atoms with Crippen LogP contribution in [-0.2, 0) is 4.74 Å². The maximum atomic E-state index is 13.3. The molecule has 0 saturated carbocycles. The van der Waals surface area contributed by atoms with Gasteiger partial charge in [-0.25, -0.2) is 4.39 Å². The molecule has 1 unspecified atom stereocenters. The Bertz CT molecular complexity index is 421. The van der Waals surface area contributed by atoms with E-state index in [0.717, 1.165) is 38.2 Å². The highest BCUT2D eigenvalue weighted by Gasteiger charge is 2.23. The van der Waals surface area contributed by atoms with Crippen molar-refractivity contribution in [3.63, 3.8) is 0 Å². The normalized spacial score (nSPS) is 21.5. The molecular weight excluding hydrogens is 245 g/mol. The molecule has 0 amide bonds. The minimum atomic E-state index is -0.659. The Morgan fingerprint density at radius 2 is 2.32 bits per heavy atom. The number of benzene rings is 1. The van der Waals surface area contributed by atoms with Gasteiger partial charge in [0.05, 0.1) is 12.7 Å². The minimum Gasteiger partial charge on any atom is -0.389 e. The number of aliphatic hydroxyl groups is 1. The van der Waals surface area contributed by atoms with Gasteiger partial charge in [-0.3, -0.25) is 0 Å². The predicted molar refractivity (Wildman–Crippen MR) is 73.8 cm³/mol. The molecule has 0 radical (unpaired) electrons. The van der Waals surface area contributed by atoms with Gasteiger partial charge in [-0.15, -0.1) is 0 Å². The van der Waals surface area contributed by atoms with Gasteiger partial charge >= 0.3 is 0 Å². The van der Waals surface area contributed by atoms with E-state index in [-0.39, 0.29) is 5.82 Å². The van der Waals surface area contributed by atoms with E-state index in [9.17, 15) is 9.50 Å². The Morgan fingerprint density at radius 1 is 1.53 bits per heavy atom. The zero-order valence-electron chi connectivity index (χ0n) is 11.6. The summed E-state index contributed by atoms with van der Waals surface area (Å²) in [5, 5.41) is 9.81. The monoisotopic (exact) mass is 267 g/mol. The molecule has 0 aromatic heterocycles. The summed E-state index contributed by atoms with van der Waals surface area (Å²) < 4.78 is 18.5. The van der Waals surface area contributed by atoms with Gasteiger partial charge in [-0.2, -0.15) is 0 Å². The average Bonchev–Trinajstić information content (AvgIpc) is 2.39.